The monoisotopic (exact) mass is 976 g/mol. The van der Waals surface area contributed by atoms with E-state index in [9.17, 15) is 26.4 Å². The molecule has 2 saturated heterocycles. The van der Waals surface area contributed by atoms with Crippen LogP contribution in [0.2, 0.25) is 5.02 Å². The van der Waals surface area contributed by atoms with Gasteiger partial charge < -0.3 is 19.8 Å². The van der Waals surface area contributed by atoms with Gasteiger partial charge >= 0.3 is 0 Å². The Labute approximate surface area is 403 Å². The largest absolute Gasteiger partial charge is 0.348 e. The summed E-state index contributed by atoms with van der Waals surface area (Å²) in [5, 5.41) is 7.38. The van der Waals surface area contributed by atoms with Gasteiger partial charge in [-0.05, 0) is 110 Å². The number of hydrogen-bond donors (Lipinski definition) is 2. The van der Waals surface area contributed by atoms with E-state index < -0.39 is 20.0 Å². The van der Waals surface area contributed by atoms with Crippen molar-refractivity contribution in [2.45, 2.75) is 91.8 Å². The number of rotatable bonds is 9. The first-order valence-electron chi connectivity index (χ1n) is 23.1. The third kappa shape index (κ3) is 8.70. The summed E-state index contributed by atoms with van der Waals surface area (Å²) in [7, 11) is -3.79. The average molecular weight is 978 g/mol. The van der Waals surface area contributed by atoms with E-state index in [0.29, 0.717) is 68.0 Å². The molecule has 0 bridgehead atoms. The number of hydrogen-bond acceptors (Lipinski definition) is 8. The third-order valence-electron chi connectivity index (χ3n) is 14.8. The van der Waals surface area contributed by atoms with Gasteiger partial charge in [0, 0.05) is 91.7 Å². The van der Waals surface area contributed by atoms with Crippen molar-refractivity contribution >= 4 is 43.5 Å². The molecule has 0 radical (unpaired) electrons. The second-order valence-corrected chi connectivity index (χ2v) is 22.8. The van der Waals surface area contributed by atoms with Crippen molar-refractivity contribution in [1.82, 2.24) is 38.3 Å². The van der Waals surface area contributed by atoms with E-state index in [-0.39, 0.29) is 44.8 Å². The minimum Gasteiger partial charge on any atom is -0.348 e. The fourth-order valence-electron chi connectivity index (χ4n) is 11.2. The molecular weight excluding hydrogens is 920 g/mol. The van der Waals surface area contributed by atoms with Crippen LogP contribution in [-0.2, 0) is 64.2 Å². The van der Waals surface area contributed by atoms with E-state index in [1.165, 1.54) is 49.7 Å². The van der Waals surface area contributed by atoms with Crippen LogP contribution in [0, 0.1) is 6.92 Å². The zero-order valence-corrected chi connectivity index (χ0v) is 41.1. The van der Waals surface area contributed by atoms with Crippen LogP contribution in [0.5, 0.6) is 0 Å². The maximum atomic E-state index is 13.3. The number of imidazole rings is 2. The number of halogens is 1. The van der Waals surface area contributed by atoms with Gasteiger partial charge in [0.05, 0.1) is 12.7 Å². The Kier molecular flexibility index (Phi) is 13.0. The summed E-state index contributed by atoms with van der Waals surface area (Å²) in [6.07, 6.45) is 10.9. The number of aromatic nitrogens is 4. The van der Waals surface area contributed by atoms with Crippen molar-refractivity contribution in [2.75, 3.05) is 26.2 Å². The van der Waals surface area contributed by atoms with Crippen LogP contribution >= 0.6 is 11.6 Å². The molecular formula is C51H57ClN8O6S2. The van der Waals surface area contributed by atoms with Crippen LogP contribution in [0.15, 0.2) is 126 Å². The summed E-state index contributed by atoms with van der Waals surface area (Å²) < 4.78 is 58.9. The Bertz CT molecular complexity index is 3100. The molecule has 2 N–H and O–H groups in total. The molecule has 4 aliphatic rings. The smallest absolute Gasteiger partial charge is 0.262 e. The topological polar surface area (TPSA) is 169 Å². The van der Waals surface area contributed by atoms with E-state index in [1.54, 1.807) is 47.6 Å². The summed E-state index contributed by atoms with van der Waals surface area (Å²) in [5.74, 6) is -0.187. The predicted octanol–water partition coefficient (Wildman–Crippen LogP) is 6.52. The van der Waals surface area contributed by atoms with Gasteiger partial charge in [-0.3, -0.25) is 9.59 Å². The van der Waals surface area contributed by atoms with Crippen LogP contribution in [0.3, 0.4) is 0 Å². The number of carbonyl (C=O) groups excluding carboxylic acids is 2. The van der Waals surface area contributed by atoms with Crippen molar-refractivity contribution < 1.29 is 26.4 Å². The molecule has 2 unspecified atom stereocenters. The van der Waals surface area contributed by atoms with E-state index in [1.807, 2.05) is 55.5 Å². The SMILES string of the molecule is CCc1ccccc1C(=O)NC1Cc2ccccc2C12CCN(S(=O)(=O)c1cn(C)cn1)CC2.Cc1cc(Cl)ccc1C(=O)NC1Cc2ccccc2C12CCN(S(=O)(=O)c1cn(C)cn1)CC2. The number of carbonyl (C=O) groups is 2. The quantitative estimate of drug-likeness (QED) is 0.165. The van der Waals surface area contributed by atoms with Crippen molar-refractivity contribution in [2.24, 2.45) is 14.1 Å². The van der Waals surface area contributed by atoms with Crippen molar-refractivity contribution in [1.29, 1.82) is 0 Å². The number of amides is 2. The van der Waals surface area contributed by atoms with E-state index in [4.69, 9.17) is 11.6 Å². The first kappa shape index (κ1) is 47.4. The fraction of sp³-hybridized carbons (Fsp3) is 0.373. The highest BCUT2D eigenvalue weighted by atomic mass is 35.5. The number of benzene rings is 4. The minimum absolute atomic E-state index is 0.0573. The first-order valence-corrected chi connectivity index (χ1v) is 26.4. The molecule has 4 aromatic carbocycles. The molecule has 2 aliphatic carbocycles. The third-order valence-corrected chi connectivity index (χ3v) is 18.6. The average Bonchev–Trinajstić information content (AvgIpc) is 4.12. The number of fused-ring (bicyclic) bond motifs is 4. The predicted molar refractivity (Wildman–Crippen MR) is 261 cm³/mol. The molecule has 2 aromatic heterocycles. The lowest BCUT2D eigenvalue weighted by atomic mass is 9.71. The number of piperidine rings is 2. The lowest BCUT2D eigenvalue weighted by Gasteiger charge is -2.43. The molecule has 6 aromatic rings. The second kappa shape index (κ2) is 18.7. The zero-order chi connectivity index (χ0) is 48.0. The highest BCUT2D eigenvalue weighted by Crippen LogP contribution is 2.48. The summed E-state index contributed by atoms with van der Waals surface area (Å²) >= 11 is 6.07. The fourth-order valence-corrected chi connectivity index (χ4v) is 14.2. The molecule has 4 heterocycles. The first-order chi connectivity index (χ1) is 32.6. The molecule has 14 nitrogen and oxygen atoms in total. The maximum absolute atomic E-state index is 13.3. The highest BCUT2D eigenvalue weighted by Gasteiger charge is 2.52. The van der Waals surface area contributed by atoms with Crippen LogP contribution in [0.4, 0.5) is 0 Å². The van der Waals surface area contributed by atoms with Gasteiger partial charge in [-0.15, -0.1) is 0 Å². The number of nitrogens with zero attached hydrogens (tertiary/aromatic N) is 6. The van der Waals surface area contributed by atoms with Crippen molar-refractivity contribution in [3.63, 3.8) is 0 Å². The van der Waals surface area contributed by atoms with Crippen LogP contribution < -0.4 is 10.6 Å². The summed E-state index contributed by atoms with van der Waals surface area (Å²) in [5.41, 5.74) is 7.46. The number of sulfonamides is 2. The minimum atomic E-state index is -3.66. The number of aryl methyl sites for hydroxylation is 4. The highest BCUT2D eigenvalue weighted by molar-refractivity contribution is 7.89. The van der Waals surface area contributed by atoms with Crippen LogP contribution in [0.25, 0.3) is 0 Å². The molecule has 356 valence electrons. The van der Waals surface area contributed by atoms with Gasteiger partial charge in [-0.25, -0.2) is 26.8 Å². The molecule has 10 rings (SSSR count). The molecule has 2 amide bonds. The van der Waals surface area contributed by atoms with E-state index in [2.05, 4.69) is 51.8 Å². The molecule has 2 spiro atoms. The Morgan fingerprint density at radius 3 is 1.53 bits per heavy atom. The molecule has 0 saturated carbocycles. The molecule has 68 heavy (non-hydrogen) atoms. The molecule has 2 atom stereocenters. The Morgan fingerprint density at radius 2 is 1.09 bits per heavy atom. The van der Waals surface area contributed by atoms with Crippen LogP contribution in [-0.4, -0.2) is 94.6 Å². The van der Waals surface area contributed by atoms with E-state index in [0.717, 1.165) is 30.4 Å². The normalized spacial score (nSPS) is 19.8. The lowest BCUT2D eigenvalue weighted by molar-refractivity contribution is 0.0888. The zero-order valence-electron chi connectivity index (χ0n) is 38.7. The van der Waals surface area contributed by atoms with Gasteiger partial charge in [-0.2, -0.15) is 8.61 Å². The maximum Gasteiger partial charge on any atom is 0.262 e. The van der Waals surface area contributed by atoms with Gasteiger partial charge in [0.15, 0.2) is 10.1 Å². The molecule has 17 heteroatoms. The van der Waals surface area contributed by atoms with Crippen LogP contribution in [0.1, 0.15) is 86.7 Å². The van der Waals surface area contributed by atoms with Gasteiger partial charge in [-0.1, -0.05) is 85.3 Å². The van der Waals surface area contributed by atoms with Gasteiger partial charge in [0.2, 0.25) is 0 Å². The Morgan fingerprint density at radius 1 is 0.647 bits per heavy atom. The second-order valence-electron chi connectivity index (χ2n) is 18.6. The standard InChI is InChI=1S/C26H30N4O3S.C25H27ClN4O3S/c1-3-19-8-4-6-10-21(19)25(31)28-23-16-20-9-5-7-11-22(20)26(23)12-14-30(15-13-26)34(32,33)24-17-29(2)18-27-24;1-17-13-19(26)7-8-20(17)24(31)28-22-14-18-5-3-4-6-21(18)25(22)9-11-30(12-10-25)34(32,33)23-15-29(2)16-27-23/h4-11,17-18,23H,3,12-16H2,1-2H3,(H,28,31);3-8,13,15-16,22H,9-12,14H2,1-2H3,(H,28,31). The number of nitrogens with one attached hydrogen (secondary N) is 2. The van der Waals surface area contributed by atoms with E-state index >= 15 is 0 Å². The lowest BCUT2D eigenvalue weighted by Crippen LogP contribution is -2.54. The molecule has 2 fully saturated rings. The summed E-state index contributed by atoms with van der Waals surface area (Å²) in [4.78, 5) is 34.7. The molecule has 2 aliphatic heterocycles. The summed E-state index contributed by atoms with van der Waals surface area (Å²) in [6, 6.07) is 29.4. The summed E-state index contributed by atoms with van der Waals surface area (Å²) in [6.45, 7) is 5.47. The Hall–Kier alpha value is -5.65. The van der Waals surface area contributed by atoms with Gasteiger partial charge in [0.25, 0.3) is 31.9 Å². The Balaban J connectivity index is 0.000000170. The van der Waals surface area contributed by atoms with Crippen molar-refractivity contribution in [3.05, 3.63) is 166 Å². The van der Waals surface area contributed by atoms with Gasteiger partial charge in [0.1, 0.15) is 0 Å². The van der Waals surface area contributed by atoms with Crippen molar-refractivity contribution in [3.8, 4) is 0 Å².